The van der Waals surface area contributed by atoms with E-state index in [0.717, 1.165) is 0 Å². The summed E-state index contributed by atoms with van der Waals surface area (Å²) >= 11 is 0. The van der Waals surface area contributed by atoms with E-state index in [4.69, 9.17) is 5.53 Å². The standard InChI is InChI=1S/C2H3FN2O2S/c1-8(6,7)2(3)5-4/h1H3. The van der Waals surface area contributed by atoms with Gasteiger partial charge in [0.05, 0.1) is 6.26 Å². The molecule has 0 aromatic heterocycles. The van der Waals surface area contributed by atoms with Gasteiger partial charge in [-0.2, -0.15) is 0 Å². The Balaban J connectivity index is 4.83. The number of hydrogen-bond donors (Lipinski definition) is 0. The van der Waals surface area contributed by atoms with Crippen molar-refractivity contribution in [3.05, 3.63) is 5.53 Å². The molecule has 8 heavy (non-hydrogen) atoms. The van der Waals surface area contributed by atoms with Crippen LogP contribution in [0.15, 0.2) is 0 Å². The van der Waals surface area contributed by atoms with Crippen LogP contribution in [-0.2, 0) is 9.84 Å². The van der Waals surface area contributed by atoms with Gasteiger partial charge in [0, 0.05) is 0 Å². The maximum Gasteiger partial charge on any atom is 0.561 e. The Morgan fingerprint density at radius 3 is 2.12 bits per heavy atom. The van der Waals surface area contributed by atoms with E-state index in [1.165, 1.54) is 0 Å². The van der Waals surface area contributed by atoms with Crippen molar-refractivity contribution < 1.29 is 17.6 Å². The Kier molecular flexibility index (Phi) is 1.83. The van der Waals surface area contributed by atoms with Crippen LogP contribution in [0.5, 0.6) is 0 Å². The van der Waals surface area contributed by atoms with Crippen LogP contribution in [0.4, 0.5) is 4.39 Å². The lowest BCUT2D eigenvalue weighted by Crippen LogP contribution is -2.06. The molecule has 0 atom stereocenters. The van der Waals surface area contributed by atoms with Crippen LogP contribution in [0.25, 0.3) is 5.53 Å². The second kappa shape index (κ2) is 2.02. The molecule has 0 heterocycles. The molecule has 4 nitrogen and oxygen atoms in total. The van der Waals surface area contributed by atoms with E-state index < -0.39 is 15.1 Å². The van der Waals surface area contributed by atoms with Crippen molar-refractivity contribution in [2.45, 2.75) is 0 Å². The molecule has 0 amide bonds. The summed E-state index contributed by atoms with van der Waals surface area (Å²) < 4.78 is 31.3. The van der Waals surface area contributed by atoms with Gasteiger partial charge in [-0.25, -0.2) is 8.42 Å². The highest BCUT2D eigenvalue weighted by molar-refractivity contribution is 8.05. The summed E-state index contributed by atoms with van der Waals surface area (Å²) in [6.07, 6.45) is 0.599. The van der Waals surface area contributed by atoms with Gasteiger partial charge in [0.2, 0.25) is 0 Å². The highest BCUT2D eigenvalue weighted by Crippen LogP contribution is 1.84. The summed E-state index contributed by atoms with van der Waals surface area (Å²) in [7, 11) is -3.92. The molecular formula is C2H3FN2O2S. The molecule has 0 spiro atoms. The van der Waals surface area contributed by atoms with Crippen LogP contribution >= 0.6 is 0 Å². The van der Waals surface area contributed by atoms with Crippen LogP contribution in [0.1, 0.15) is 0 Å². The molecule has 0 saturated heterocycles. The van der Waals surface area contributed by atoms with Crippen molar-refractivity contribution in [1.29, 1.82) is 0 Å². The quantitative estimate of drug-likeness (QED) is 0.197. The fourth-order valence-electron chi connectivity index (χ4n) is 0.0742. The Morgan fingerprint density at radius 2 is 2.12 bits per heavy atom. The van der Waals surface area contributed by atoms with Gasteiger partial charge in [0.25, 0.3) is 9.84 Å². The Labute approximate surface area is 45.5 Å². The summed E-state index contributed by atoms with van der Waals surface area (Å²) in [5.74, 6) is 0. The Hall–Kier alpha value is -0.740. The van der Waals surface area contributed by atoms with E-state index >= 15 is 0 Å². The van der Waals surface area contributed by atoms with Crippen molar-refractivity contribution in [2.75, 3.05) is 6.26 Å². The number of hydrogen-bond acceptors (Lipinski definition) is 2. The molecule has 0 unspecified atom stereocenters. The first-order valence-corrected chi connectivity index (χ1v) is 3.45. The molecule has 0 rings (SSSR count). The molecule has 0 fully saturated rings. The lowest BCUT2D eigenvalue weighted by Gasteiger charge is -1.73. The predicted octanol–water partition coefficient (Wildman–Crippen LogP) is -0.414. The maximum atomic E-state index is 11.6. The third-order valence-corrected chi connectivity index (χ3v) is 1.08. The van der Waals surface area contributed by atoms with Gasteiger partial charge >= 0.3 is 5.30 Å². The third kappa shape index (κ3) is 1.81. The van der Waals surface area contributed by atoms with Crippen LogP contribution in [-0.4, -0.2) is 24.8 Å². The SMILES string of the molecule is CS(=O)(=O)C(F)=[N+]=[N-]. The summed E-state index contributed by atoms with van der Waals surface area (Å²) in [5.41, 5.74) is 7.50. The fraction of sp³-hybridized carbons (Fsp3) is 0.500. The number of sulfone groups is 1. The number of halogens is 1. The number of nitrogens with zero attached hydrogens (tertiary/aromatic N) is 2. The Bertz CT molecular complexity index is 224. The monoisotopic (exact) mass is 138 g/mol. The van der Waals surface area contributed by atoms with Crippen LogP contribution in [0.3, 0.4) is 0 Å². The minimum absolute atomic E-state index is 0.599. The van der Waals surface area contributed by atoms with Crippen molar-refractivity contribution in [1.82, 2.24) is 0 Å². The summed E-state index contributed by atoms with van der Waals surface area (Å²) in [5, 5.41) is -1.77. The highest BCUT2D eigenvalue weighted by Gasteiger charge is 2.20. The fourth-order valence-corrected chi connectivity index (χ4v) is 0.222. The van der Waals surface area contributed by atoms with Crippen LogP contribution < -0.4 is 0 Å². The van der Waals surface area contributed by atoms with E-state index in [0.29, 0.717) is 6.26 Å². The first kappa shape index (κ1) is 7.26. The molecule has 0 saturated carbocycles. The van der Waals surface area contributed by atoms with Gasteiger partial charge in [0.15, 0.2) is 0 Å². The molecule has 6 heteroatoms. The summed E-state index contributed by atoms with van der Waals surface area (Å²) in [6, 6.07) is 0. The van der Waals surface area contributed by atoms with E-state index in [1.807, 2.05) is 4.79 Å². The predicted molar refractivity (Wildman–Crippen MR) is 24.6 cm³/mol. The van der Waals surface area contributed by atoms with Crippen molar-refractivity contribution in [2.24, 2.45) is 0 Å². The van der Waals surface area contributed by atoms with E-state index in [9.17, 15) is 12.8 Å². The highest BCUT2D eigenvalue weighted by atomic mass is 32.2. The minimum Gasteiger partial charge on any atom is -0.357 e. The molecule has 0 aliphatic rings. The van der Waals surface area contributed by atoms with Gasteiger partial charge in [-0.1, -0.05) is 0 Å². The first-order chi connectivity index (χ1) is 3.48. The van der Waals surface area contributed by atoms with Crippen LogP contribution in [0, 0.1) is 0 Å². The molecule has 46 valence electrons. The Morgan fingerprint density at radius 1 is 1.75 bits per heavy atom. The molecule has 0 aromatic rings. The smallest absolute Gasteiger partial charge is 0.357 e. The molecule has 0 N–H and O–H groups in total. The third-order valence-electron chi connectivity index (χ3n) is 0.385. The summed E-state index contributed by atoms with van der Waals surface area (Å²) in [6.45, 7) is 0. The lowest BCUT2D eigenvalue weighted by molar-refractivity contribution is -0.0139. The first-order valence-electron chi connectivity index (χ1n) is 1.56. The van der Waals surface area contributed by atoms with Crippen molar-refractivity contribution >= 4 is 15.1 Å². The maximum absolute atomic E-state index is 11.6. The topological polar surface area (TPSA) is 70.5 Å². The van der Waals surface area contributed by atoms with E-state index in [2.05, 4.69) is 0 Å². The van der Waals surface area contributed by atoms with Crippen molar-refractivity contribution in [3.63, 3.8) is 0 Å². The zero-order valence-electron chi connectivity index (χ0n) is 4.00. The average Bonchev–Trinajstić information content (AvgIpc) is 1.62. The van der Waals surface area contributed by atoms with Gasteiger partial charge in [-0.05, 0) is 0 Å². The lowest BCUT2D eigenvalue weighted by atomic mass is 11.6. The van der Waals surface area contributed by atoms with Gasteiger partial charge in [-0.15, -0.1) is 9.18 Å². The summed E-state index contributed by atoms with van der Waals surface area (Å²) in [4.78, 5) is 1.82. The molecule has 0 radical (unpaired) electrons. The minimum atomic E-state index is -3.92. The van der Waals surface area contributed by atoms with Gasteiger partial charge < -0.3 is 5.53 Å². The molecule has 0 aliphatic carbocycles. The molecule has 0 bridgehead atoms. The van der Waals surface area contributed by atoms with Gasteiger partial charge in [-0.3, -0.25) is 0 Å². The molecular weight excluding hydrogens is 135 g/mol. The largest absolute Gasteiger partial charge is 0.561 e. The van der Waals surface area contributed by atoms with Crippen molar-refractivity contribution in [3.8, 4) is 0 Å². The number of rotatable bonds is 0. The average molecular weight is 138 g/mol. The van der Waals surface area contributed by atoms with Crippen LogP contribution in [0.2, 0.25) is 0 Å². The molecule has 0 aliphatic heterocycles. The zero-order chi connectivity index (χ0) is 6.78. The second-order valence-electron chi connectivity index (χ2n) is 1.13. The zero-order valence-corrected chi connectivity index (χ0v) is 4.81. The normalized spacial score (nSPS) is 10.2. The second-order valence-corrected chi connectivity index (χ2v) is 3.01. The van der Waals surface area contributed by atoms with E-state index in [1.54, 1.807) is 0 Å². The van der Waals surface area contributed by atoms with Gasteiger partial charge in [0.1, 0.15) is 0 Å². The van der Waals surface area contributed by atoms with E-state index in [-0.39, 0.29) is 0 Å². The molecule has 0 aromatic carbocycles.